The molecule has 5 heteroatoms. The van der Waals surface area contributed by atoms with Crippen LogP contribution in [0.1, 0.15) is 44.9 Å². The molecule has 0 aromatic carbocycles. The van der Waals surface area contributed by atoms with Crippen molar-refractivity contribution in [3.63, 3.8) is 0 Å². The number of carboxylic acid groups (broad SMARTS) is 1. The number of aliphatic hydroxyl groups excluding tert-OH is 1. The van der Waals surface area contributed by atoms with E-state index in [0.29, 0.717) is 17.8 Å². The molecule has 4 saturated carbocycles. The number of amides is 1. The summed E-state index contributed by atoms with van der Waals surface area (Å²) in [6.07, 6.45) is 5.89. The van der Waals surface area contributed by atoms with E-state index in [1.807, 2.05) is 0 Å². The Morgan fingerprint density at radius 3 is 2.00 bits per heavy atom. The summed E-state index contributed by atoms with van der Waals surface area (Å²) in [6, 6.07) is -0.944. The van der Waals surface area contributed by atoms with E-state index >= 15 is 0 Å². The molecule has 1 heterocycles. The predicted octanol–water partition coefficient (Wildman–Crippen LogP) is -0.0855. The Balaban J connectivity index is 1.61. The number of carbonyl (C=O) groups is 2. The molecule has 2 atom stereocenters. The molecule has 5 aliphatic rings. The van der Waals surface area contributed by atoms with Gasteiger partial charge in [0.15, 0.2) is 0 Å². The summed E-state index contributed by atoms with van der Waals surface area (Å²) in [7, 11) is 0. The Labute approximate surface area is 124 Å². The van der Waals surface area contributed by atoms with Gasteiger partial charge in [-0.25, -0.2) is 0 Å². The van der Waals surface area contributed by atoms with Gasteiger partial charge in [-0.15, -0.1) is 0 Å². The number of carboxylic acids is 1. The van der Waals surface area contributed by atoms with Crippen LogP contribution in [-0.4, -0.2) is 40.6 Å². The molecule has 5 fully saturated rings. The van der Waals surface area contributed by atoms with Crippen LogP contribution in [0.2, 0.25) is 0 Å². The number of aliphatic hydroxyl groups is 1. The average molecular weight is 292 g/mol. The van der Waals surface area contributed by atoms with Gasteiger partial charge in [-0.2, -0.15) is 0 Å². The lowest BCUT2D eigenvalue weighted by Crippen LogP contribution is -2.57. The lowest BCUT2D eigenvalue weighted by molar-refractivity contribution is -0.310. The van der Waals surface area contributed by atoms with Crippen molar-refractivity contribution >= 4 is 11.9 Å². The van der Waals surface area contributed by atoms with Crippen molar-refractivity contribution < 1.29 is 19.8 Å². The highest BCUT2D eigenvalue weighted by Crippen LogP contribution is 2.60. The van der Waals surface area contributed by atoms with E-state index in [1.165, 1.54) is 24.2 Å². The zero-order chi connectivity index (χ0) is 14.8. The van der Waals surface area contributed by atoms with E-state index in [2.05, 4.69) is 0 Å². The molecule has 0 aromatic rings. The van der Waals surface area contributed by atoms with E-state index in [0.717, 1.165) is 19.3 Å². The van der Waals surface area contributed by atoms with Crippen molar-refractivity contribution in [1.29, 1.82) is 0 Å². The number of likely N-dealkylation sites (tertiary alicyclic amines) is 1. The maximum Gasteiger partial charge on any atom is 0.229 e. The molecule has 0 unspecified atom stereocenters. The van der Waals surface area contributed by atoms with Crippen LogP contribution < -0.4 is 5.11 Å². The summed E-state index contributed by atoms with van der Waals surface area (Å²) < 4.78 is 0. The number of hydrogen-bond donors (Lipinski definition) is 1. The van der Waals surface area contributed by atoms with E-state index in [1.54, 1.807) is 0 Å². The Bertz CT molecular complexity index is 453. The Morgan fingerprint density at radius 1 is 1.00 bits per heavy atom. The molecule has 0 radical (unpaired) electrons. The Hall–Kier alpha value is -1.10. The monoisotopic (exact) mass is 292 g/mol. The second kappa shape index (κ2) is 4.45. The molecule has 1 amide bonds. The second-order valence-electron chi connectivity index (χ2n) is 7.88. The minimum Gasteiger partial charge on any atom is -0.548 e. The van der Waals surface area contributed by atoms with E-state index in [-0.39, 0.29) is 24.3 Å². The van der Waals surface area contributed by atoms with Crippen molar-refractivity contribution in [1.82, 2.24) is 4.90 Å². The fraction of sp³-hybridized carbons (Fsp3) is 0.875. The van der Waals surface area contributed by atoms with Crippen LogP contribution in [0.25, 0.3) is 0 Å². The maximum absolute atomic E-state index is 13.1. The molecule has 5 nitrogen and oxygen atoms in total. The minimum absolute atomic E-state index is 0.0210. The summed E-state index contributed by atoms with van der Waals surface area (Å²) in [5, 5.41) is 21.0. The molecule has 4 bridgehead atoms. The lowest BCUT2D eigenvalue weighted by Gasteiger charge is -2.56. The highest BCUT2D eigenvalue weighted by molar-refractivity contribution is 5.88. The first kappa shape index (κ1) is 13.6. The molecule has 116 valence electrons. The van der Waals surface area contributed by atoms with E-state index < -0.39 is 18.1 Å². The van der Waals surface area contributed by atoms with Gasteiger partial charge in [0, 0.05) is 13.0 Å². The first-order valence-corrected chi connectivity index (χ1v) is 8.17. The largest absolute Gasteiger partial charge is 0.548 e. The standard InChI is InChI=1S/C16H23NO4/c18-12-4-13(14(19)20)17(8-12)15(21)16-5-9-1-10(6-16)3-11(2-9)7-16/h9-13,18H,1-8H2,(H,19,20)/p-1/t9?,10?,11?,12-,13+,16?/m1/s1. The van der Waals surface area contributed by atoms with Gasteiger partial charge < -0.3 is 19.9 Å². The molecule has 0 spiro atoms. The Kier molecular flexibility index (Phi) is 2.87. The molecule has 1 N–H and O–H groups in total. The number of aliphatic carboxylic acids is 1. The quantitative estimate of drug-likeness (QED) is 0.771. The molecule has 4 aliphatic carbocycles. The Morgan fingerprint density at radius 2 is 1.52 bits per heavy atom. The predicted molar refractivity (Wildman–Crippen MR) is 71.7 cm³/mol. The van der Waals surface area contributed by atoms with Crippen molar-refractivity contribution in [3.05, 3.63) is 0 Å². The highest BCUT2D eigenvalue weighted by Gasteiger charge is 2.56. The van der Waals surface area contributed by atoms with Gasteiger partial charge in [-0.1, -0.05) is 0 Å². The third kappa shape index (κ3) is 2.00. The zero-order valence-electron chi connectivity index (χ0n) is 12.2. The third-order valence-corrected chi connectivity index (χ3v) is 6.30. The molecule has 5 rings (SSSR count). The molecule has 1 aliphatic heterocycles. The van der Waals surface area contributed by atoms with Crippen molar-refractivity contribution in [2.24, 2.45) is 23.2 Å². The molecular weight excluding hydrogens is 270 g/mol. The van der Waals surface area contributed by atoms with Crippen LogP contribution in [0.15, 0.2) is 0 Å². The summed E-state index contributed by atoms with van der Waals surface area (Å²) in [6.45, 7) is 0.152. The fourth-order valence-corrected chi connectivity index (χ4v) is 5.94. The number of rotatable bonds is 2. The van der Waals surface area contributed by atoms with Crippen molar-refractivity contribution in [3.8, 4) is 0 Å². The summed E-state index contributed by atoms with van der Waals surface area (Å²) in [4.78, 5) is 25.8. The summed E-state index contributed by atoms with van der Waals surface area (Å²) >= 11 is 0. The summed E-state index contributed by atoms with van der Waals surface area (Å²) in [5.74, 6) is 0.689. The summed E-state index contributed by atoms with van der Waals surface area (Å²) in [5.41, 5.74) is -0.341. The molecule has 0 aromatic heterocycles. The number of hydrogen-bond acceptors (Lipinski definition) is 4. The first-order chi connectivity index (χ1) is 9.97. The van der Waals surface area contributed by atoms with Gasteiger partial charge in [0.05, 0.1) is 23.5 Å². The van der Waals surface area contributed by atoms with Crippen LogP contribution >= 0.6 is 0 Å². The first-order valence-electron chi connectivity index (χ1n) is 8.17. The smallest absolute Gasteiger partial charge is 0.229 e. The highest BCUT2D eigenvalue weighted by atomic mass is 16.4. The SMILES string of the molecule is O=C([O-])[C@@H]1C[C@@H](O)CN1C(=O)C12CC3CC(CC(C3)C1)C2. The minimum atomic E-state index is -1.23. The normalized spacial score (nSPS) is 47.9. The average Bonchev–Trinajstić information content (AvgIpc) is 2.78. The number of nitrogens with zero attached hydrogens (tertiary/aromatic N) is 1. The van der Waals surface area contributed by atoms with E-state index in [9.17, 15) is 19.8 Å². The molecule has 21 heavy (non-hydrogen) atoms. The van der Waals surface area contributed by atoms with E-state index in [4.69, 9.17) is 0 Å². The van der Waals surface area contributed by atoms with Crippen LogP contribution in [0, 0.1) is 23.2 Å². The topological polar surface area (TPSA) is 80.7 Å². The maximum atomic E-state index is 13.1. The lowest BCUT2D eigenvalue weighted by atomic mass is 9.49. The van der Waals surface area contributed by atoms with Crippen LogP contribution in [0.4, 0.5) is 0 Å². The van der Waals surface area contributed by atoms with Crippen LogP contribution in [0.5, 0.6) is 0 Å². The van der Waals surface area contributed by atoms with Gasteiger partial charge in [-0.05, 0) is 56.3 Å². The van der Waals surface area contributed by atoms with Crippen LogP contribution in [-0.2, 0) is 9.59 Å². The van der Waals surface area contributed by atoms with Gasteiger partial charge in [0.25, 0.3) is 0 Å². The van der Waals surface area contributed by atoms with Gasteiger partial charge in [-0.3, -0.25) is 4.79 Å². The fourth-order valence-electron chi connectivity index (χ4n) is 5.94. The zero-order valence-corrected chi connectivity index (χ0v) is 12.2. The molecule has 1 saturated heterocycles. The van der Waals surface area contributed by atoms with Crippen molar-refractivity contribution in [2.75, 3.05) is 6.54 Å². The number of β-amino-alcohol motifs (C(OH)–C–C–N with tert-alkyl or cyclic N) is 1. The second-order valence-corrected chi connectivity index (χ2v) is 7.88. The van der Waals surface area contributed by atoms with Crippen LogP contribution in [0.3, 0.4) is 0 Å². The molecular formula is C16H22NO4-. The van der Waals surface area contributed by atoms with Crippen molar-refractivity contribution in [2.45, 2.75) is 57.1 Å². The van der Waals surface area contributed by atoms with Gasteiger partial charge >= 0.3 is 0 Å². The third-order valence-electron chi connectivity index (χ3n) is 6.30. The van der Waals surface area contributed by atoms with Gasteiger partial charge in [0.2, 0.25) is 5.91 Å². The van der Waals surface area contributed by atoms with Gasteiger partial charge in [0.1, 0.15) is 0 Å². The number of carbonyl (C=O) groups excluding carboxylic acids is 2.